The second-order valence-electron chi connectivity index (χ2n) is 4.42. The molecular weight excluding hydrogens is 200 g/mol. The number of likely N-dealkylation sites (N-methyl/N-ethyl adjacent to an activating group) is 1. The minimum absolute atomic E-state index is 0. The van der Waals surface area contributed by atoms with Crippen molar-refractivity contribution in [1.29, 1.82) is 0 Å². The molecule has 4 heteroatoms. The smallest absolute Gasteiger partial charge is 0.225 e. The van der Waals surface area contributed by atoms with Gasteiger partial charge in [-0.3, -0.25) is 0 Å². The number of anilines is 1. The number of nitrogens with zero attached hydrogens (tertiary/aromatic N) is 4. The molecule has 0 spiro atoms. The van der Waals surface area contributed by atoms with E-state index in [0.29, 0.717) is 0 Å². The van der Waals surface area contributed by atoms with Gasteiger partial charge in [0.15, 0.2) is 0 Å². The molecule has 4 nitrogen and oxygen atoms in total. The highest BCUT2D eigenvalue weighted by atomic mass is 15.4. The Labute approximate surface area is 98.5 Å². The highest BCUT2D eigenvalue weighted by Gasteiger charge is 2.27. The van der Waals surface area contributed by atoms with Gasteiger partial charge in [-0.05, 0) is 13.0 Å². The molecule has 2 heterocycles. The first-order valence-electron chi connectivity index (χ1n) is 5.59. The Morgan fingerprint density at radius 1 is 1.25 bits per heavy atom. The van der Waals surface area contributed by atoms with Crippen molar-refractivity contribution in [3.05, 3.63) is 18.5 Å². The first-order valence-corrected chi connectivity index (χ1v) is 5.59. The van der Waals surface area contributed by atoms with Gasteiger partial charge in [-0.15, -0.1) is 0 Å². The van der Waals surface area contributed by atoms with E-state index in [1.165, 1.54) is 24.1 Å². The van der Waals surface area contributed by atoms with Gasteiger partial charge in [0.2, 0.25) is 5.95 Å². The molecule has 1 aliphatic heterocycles. The molecule has 0 radical (unpaired) electrons. The Morgan fingerprint density at radius 2 is 1.81 bits per heavy atom. The van der Waals surface area contributed by atoms with Crippen molar-refractivity contribution in [3.8, 4) is 0 Å². The quantitative estimate of drug-likeness (QED) is 0.710. The molecular formula is C12H23N4+. The number of piperazine rings is 1. The van der Waals surface area contributed by atoms with E-state index in [1.54, 1.807) is 0 Å². The molecule has 0 unspecified atom stereocenters. The molecule has 0 N–H and O–H groups in total. The van der Waals surface area contributed by atoms with Gasteiger partial charge in [-0.2, -0.15) is 0 Å². The summed E-state index contributed by atoms with van der Waals surface area (Å²) in [4.78, 5) is 10.8. The fraction of sp³-hybridized carbons (Fsp3) is 0.667. The van der Waals surface area contributed by atoms with Crippen molar-refractivity contribution < 1.29 is 4.48 Å². The van der Waals surface area contributed by atoms with E-state index in [1.807, 2.05) is 18.5 Å². The molecule has 2 rings (SSSR count). The van der Waals surface area contributed by atoms with Gasteiger partial charge in [0, 0.05) is 12.4 Å². The number of aromatic nitrogens is 2. The van der Waals surface area contributed by atoms with Crippen molar-refractivity contribution in [2.24, 2.45) is 0 Å². The lowest BCUT2D eigenvalue weighted by molar-refractivity contribution is -0.908. The Morgan fingerprint density at radius 3 is 2.31 bits per heavy atom. The summed E-state index contributed by atoms with van der Waals surface area (Å²) >= 11 is 0. The second-order valence-corrected chi connectivity index (χ2v) is 4.42. The topological polar surface area (TPSA) is 29.0 Å². The second kappa shape index (κ2) is 5.25. The van der Waals surface area contributed by atoms with E-state index < -0.39 is 0 Å². The summed E-state index contributed by atoms with van der Waals surface area (Å²) in [7, 11) is 2.32. The summed E-state index contributed by atoms with van der Waals surface area (Å²) in [5, 5.41) is 0. The van der Waals surface area contributed by atoms with Crippen LogP contribution in [-0.2, 0) is 0 Å². The summed E-state index contributed by atoms with van der Waals surface area (Å²) < 4.78 is 1.17. The van der Waals surface area contributed by atoms with Crippen molar-refractivity contribution in [1.82, 2.24) is 9.97 Å². The zero-order chi connectivity index (χ0) is 10.7. The van der Waals surface area contributed by atoms with E-state index in [-0.39, 0.29) is 7.43 Å². The third-order valence-corrected chi connectivity index (χ3v) is 3.42. The average molecular weight is 223 g/mol. The SMILES string of the molecule is C.CC[N+]1(C)CCN(c2ncccn2)CC1. The summed E-state index contributed by atoms with van der Waals surface area (Å²) in [6.07, 6.45) is 3.62. The van der Waals surface area contributed by atoms with Gasteiger partial charge in [-0.1, -0.05) is 7.43 Å². The minimum Gasteiger partial charge on any atom is -0.330 e. The van der Waals surface area contributed by atoms with E-state index >= 15 is 0 Å². The normalized spacial score (nSPS) is 19.0. The van der Waals surface area contributed by atoms with Gasteiger partial charge in [0.25, 0.3) is 0 Å². The average Bonchev–Trinajstić information content (AvgIpc) is 2.31. The molecule has 1 saturated heterocycles. The lowest BCUT2D eigenvalue weighted by Gasteiger charge is -2.41. The molecule has 0 aliphatic carbocycles. The summed E-state index contributed by atoms with van der Waals surface area (Å²) in [6, 6.07) is 1.86. The lowest BCUT2D eigenvalue weighted by Crippen LogP contribution is -2.57. The first-order chi connectivity index (χ1) is 7.23. The Balaban J connectivity index is 0.00000128. The van der Waals surface area contributed by atoms with Gasteiger partial charge >= 0.3 is 0 Å². The van der Waals surface area contributed by atoms with E-state index in [4.69, 9.17) is 0 Å². The maximum absolute atomic E-state index is 4.28. The zero-order valence-corrected chi connectivity index (χ0v) is 9.56. The summed E-state index contributed by atoms with van der Waals surface area (Å²) in [5.74, 6) is 0.875. The van der Waals surface area contributed by atoms with Crippen molar-refractivity contribution in [2.75, 3.05) is 44.7 Å². The van der Waals surface area contributed by atoms with Gasteiger partial charge in [0.05, 0.1) is 39.8 Å². The molecule has 0 saturated carbocycles. The van der Waals surface area contributed by atoms with E-state index in [2.05, 4.69) is 28.8 Å². The highest BCUT2D eigenvalue weighted by Crippen LogP contribution is 2.13. The number of hydrogen-bond acceptors (Lipinski definition) is 3. The predicted molar refractivity (Wildman–Crippen MR) is 67.4 cm³/mol. The monoisotopic (exact) mass is 223 g/mol. The molecule has 0 aromatic carbocycles. The van der Waals surface area contributed by atoms with Crippen LogP contribution in [0.25, 0.3) is 0 Å². The summed E-state index contributed by atoms with van der Waals surface area (Å²) in [6.45, 7) is 7.98. The molecule has 1 aromatic rings. The van der Waals surface area contributed by atoms with Crippen LogP contribution in [0.15, 0.2) is 18.5 Å². The maximum Gasteiger partial charge on any atom is 0.225 e. The van der Waals surface area contributed by atoms with Crippen LogP contribution in [0.1, 0.15) is 14.4 Å². The molecule has 1 fully saturated rings. The van der Waals surface area contributed by atoms with E-state index in [9.17, 15) is 0 Å². The van der Waals surface area contributed by atoms with Crippen molar-refractivity contribution >= 4 is 5.95 Å². The third kappa shape index (κ3) is 2.70. The molecule has 0 atom stereocenters. The Kier molecular flexibility index (Phi) is 4.24. The van der Waals surface area contributed by atoms with Crippen LogP contribution in [0.2, 0.25) is 0 Å². The predicted octanol–water partition coefficient (Wildman–Crippen LogP) is 1.40. The molecule has 0 bridgehead atoms. The van der Waals surface area contributed by atoms with Crippen LogP contribution in [0, 0.1) is 0 Å². The molecule has 1 aliphatic rings. The maximum atomic E-state index is 4.28. The number of quaternary nitrogens is 1. The lowest BCUT2D eigenvalue weighted by atomic mass is 10.3. The van der Waals surface area contributed by atoms with Crippen molar-refractivity contribution in [2.45, 2.75) is 14.4 Å². The Bertz CT molecular complexity index is 304. The fourth-order valence-corrected chi connectivity index (χ4v) is 1.92. The first kappa shape index (κ1) is 12.9. The van der Waals surface area contributed by atoms with Crippen LogP contribution in [0.3, 0.4) is 0 Å². The number of hydrogen-bond donors (Lipinski definition) is 0. The minimum atomic E-state index is 0. The van der Waals surface area contributed by atoms with Gasteiger partial charge in [-0.25, -0.2) is 9.97 Å². The zero-order valence-electron chi connectivity index (χ0n) is 9.56. The van der Waals surface area contributed by atoms with Crippen LogP contribution in [0.4, 0.5) is 5.95 Å². The molecule has 90 valence electrons. The number of rotatable bonds is 2. The third-order valence-electron chi connectivity index (χ3n) is 3.42. The van der Waals surface area contributed by atoms with E-state index in [0.717, 1.165) is 19.0 Å². The molecule has 16 heavy (non-hydrogen) atoms. The summed E-state index contributed by atoms with van der Waals surface area (Å²) in [5.41, 5.74) is 0. The van der Waals surface area contributed by atoms with Crippen LogP contribution in [-0.4, -0.2) is 54.2 Å². The molecule has 1 aromatic heterocycles. The van der Waals surface area contributed by atoms with Crippen LogP contribution in [0.5, 0.6) is 0 Å². The largest absolute Gasteiger partial charge is 0.330 e. The molecule has 0 amide bonds. The van der Waals surface area contributed by atoms with Gasteiger partial charge in [0.1, 0.15) is 0 Å². The Hall–Kier alpha value is -1.16. The van der Waals surface area contributed by atoms with Gasteiger partial charge < -0.3 is 9.38 Å². The fourth-order valence-electron chi connectivity index (χ4n) is 1.92. The van der Waals surface area contributed by atoms with Crippen LogP contribution < -0.4 is 4.90 Å². The standard InChI is InChI=1S/C11H19N4.CH4/c1-3-15(2)9-7-14(8-10-15)11-12-5-4-6-13-11;/h4-6H,3,7-10H2,1-2H3;1H4/q+1;. The van der Waals surface area contributed by atoms with Crippen molar-refractivity contribution in [3.63, 3.8) is 0 Å². The van der Waals surface area contributed by atoms with Crippen LogP contribution >= 0.6 is 0 Å². The highest BCUT2D eigenvalue weighted by molar-refractivity contribution is 5.28.